The predicted octanol–water partition coefficient (Wildman–Crippen LogP) is 5.03. The number of carbonyl (C=O) groups excluding carboxylic acids is 2. The summed E-state index contributed by atoms with van der Waals surface area (Å²) in [4.78, 5) is 38.0. The van der Waals surface area contributed by atoms with Crippen molar-refractivity contribution < 1.29 is 19.1 Å². The second-order valence-electron chi connectivity index (χ2n) is 12.7. The van der Waals surface area contributed by atoms with Crippen LogP contribution in [0.1, 0.15) is 58.6 Å². The number of benzene rings is 1. The van der Waals surface area contributed by atoms with Crippen LogP contribution in [0.25, 0.3) is 22.3 Å². The molecule has 2 aromatic heterocycles. The van der Waals surface area contributed by atoms with E-state index in [1.54, 1.807) is 4.90 Å². The number of amides is 2. The van der Waals surface area contributed by atoms with Crippen molar-refractivity contribution in [1.29, 1.82) is 5.26 Å². The van der Waals surface area contributed by atoms with Gasteiger partial charge in [-0.05, 0) is 81.3 Å². The number of piperazine rings is 1. The third-order valence-electron chi connectivity index (χ3n) is 8.15. The second-order valence-corrected chi connectivity index (χ2v) is 14.8. The van der Waals surface area contributed by atoms with Gasteiger partial charge in [0.1, 0.15) is 17.2 Å². The van der Waals surface area contributed by atoms with Crippen molar-refractivity contribution in [3.05, 3.63) is 36.2 Å². The third-order valence-corrected chi connectivity index (χ3v) is 9.25. The zero-order valence-electron chi connectivity index (χ0n) is 24.9. The number of halogens is 1. The Balaban J connectivity index is 1.28. The minimum Gasteiger partial charge on any atom is -0.459 e. The molecule has 2 unspecified atom stereocenters. The first kappa shape index (κ1) is 29.5. The number of anilines is 1. The maximum absolute atomic E-state index is 12.5. The molecule has 6 rings (SSSR count). The molecule has 0 spiro atoms. The number of aromatic nitrogens is 3. The summed E-state index contributed by atoms with van der Waals surface area (Å²) in [7, 11) is 0. The fourth-order valence-electron chi connectivity index (χ4n) is 5.63. The van der Waals surface area contributed by atoms with Crippen LogP contribution in [0.3, 0.4) is 0 Å². The zero-order chi connectivity index (χ0) is 30.5. The van der Waals surface area contributed by atoms with Gasteiger partial charge in [-0.2, -0.15) is 5.26 Å². The van der Waals surface area contributed by atoms with Gasteiger partial charge in [-0.1, -0.05) is 6.07 Å². The number of alkyl halides is 1. The van der Waals surface area contributed by atoms with Crippen LogP contribution >= 0.6 is 22.6 Å². The van der Waals surface area contributed by atoms with Crippen LogP contribution in [0.2, 0.25) is 0 Å². The van der Waals surface area contributed by atoms with Crippen LogP contribution in [-0.2, 0) is 9.53 Å². The fraction of sp³-hybridized carbons (Fsp3) is 0.516. The molecule has 1 aromatic carbocycles. The lowest BCUT2D eigenvalue weighted by Crippen LogP contribution is -2.50. The van der Waals surface area contributed by atoms with Gasteiger partial charge in [0, 0.05) is 56.7 Å². The van der Waals surface area contributed by atoms with E-state index in [2.05, 4.69) is 43.4 Å². The average molecular weight is 698 g/mol. The fourth-order valence-corrected chi connectivity index (χ4v) is 6.28. The van der Waals surface area contributed by atoms with Crippen LogP contribution in [0.15, 0.2) is 30.6 Å². The number of imidazole rings is 1. The molecule has 2 amide bonds. The van der Waals surface area contributed by atoms with Crippen LogP contribution < -0.4 is 15.0 Å². The number of fused-ring (bicyclic) bond motifs is 1. The smallest absolute Gasteiger partial charge is 0.410 e. The maximum atomic E-state index is 12.5. The summed E-state index contributed by atoms with van der Waals surface area (Å²) in [5.41, 5.74) is 3.89. The molecule has 0 radical (unpaired) electrons. The standard InChI is InChI=1S/C31H36IN7O4/c1-30(2,3)43-29(41)38-11-9-37(10-12-38)25-8-5-19(13-20(25)16-33)23-15-24-27(39(18-35-24)22-6-7-22)28(36-23)42-31(4,32)21-14-26(40)34-17-21/h5,8,13,15,18,21-22H,6-7,9-12,14,17H2,1-4H3,(H,34,40). The summed E-state index contributed by atoms with van der Waals surface area (Å²) in [6, 6.07) is 10.5. The molecule has 0 bridgehead atoms. The molecule has 3 fully saturated rings. The van der Waals surface area contributed by atoms with Gasteiger partial charge in [-0.3, -0.25) is 4.79 Å². The maximum Gasteiger partial charge on any atom is 0.410 e. The number of rotatable bonds is 6. The molecule has 3 aromatic rings. The van der Waals surface area contributed by atoms with Crippen LogP contribution in [0, 0.1) is 17.2 Å². The number of carbonyl (C=O) groups is 2. The van der Waals surface area contributed by atoms with Crippen LogP contribution in [0.5, 0.6) is 5.88 Å². The number of nitriles is 1. The highest BCUT2D eigenvalue weighted by molar-refractivity contribution is 14.1. The molecule has 1 aliphatic carbocycles. The Morgan fingerprint density at radius 2 is 1.88 bits per heavy atom. The lowest BCUT2D eigenvalue weighted by molar-refractivity contribution is -0.119. The number of nitrogens with zero attached hydrogens (tertiary/aromatic N) is 6. The molecule has 4 heterocycles. The summed E-state index contributed by atoms with van der Waals surface area (Å²) >= 11 is 2.28. The first-order valence-corrected chi connectivity index (χ1v) is 15.8. The van der Waals surface area contributed by atoms with E-state index in [-0.39, 0.29) is 17.9 Å². The van der Waals surface area contributed by atoms with Crippen molar-refractivity contribution in [2.75, 3.05) is 37.6 Å². The van der Waals surface area contributed by atoms with E-state index in [1.165, 1.54) is 0 Å². The molecule has 43 heavy (non-hydrogen) atoms. The number of pyridine rings is 1. The van der Waals surface area contributed by atoms with Crippen LogP contribution in [-0.4, -0.2) is 73.4 Å². The lowest BCUT2D eigenvalue weighted by atomic mass is 10.0. The highest BCUT2D eigenvalue weighted by Gasteiger charge is 2.40. The highest BCUT2D eigenvalue weighted by Crippen LogP contribution is 2.43. The summed E-state index contributed by atoms with van der Waals surface area (Å²) in [5, 5.41) is 13.0. The normalized spacial score (nSPS) is 20.5. The Kier molecular flexibility index (Phi) is 7.64. The molecular weight excluding hydrogens is 661 g/mol. The Bertz CT molecular complexity index is 1610. The molecule has 11 nitrogen and oxygen atoms in total. The van der Waals surface area contributed by atoms with Crippen molar-refractivity contribution >= 4 is 51.3 Å². The molecule has 1 N–H and O–H groups in total. The zero-order valence-corrected chi connectivity index (χ0v) is 27.1. The van der Waals surface area contributed by atoms with E-state index in [4.69, 9.17) is 19.4 Å². The van der Waals surface area contributed by atoms with Gasteiger partial charge in [0.15, 0.2) is 3.61 Å². The Morgan fingerprint density at radius 3 is 2.51 bits per heavy atom. The topological polar surface area (TPSA) is 126 Å². The second kappa shape index (κ2) is 11.2. The molecule has 2 saturated heterocycles. The average Bonchev–Trinajstić information content (AvgIpc) is 3.55. The molecule has 1 saturated carbocycles. The number of ether oxygens (including phenoxy) is 2. The highest BCUT2D eigenvalue weighted by atomic mass is 127. The van der Waals surface area contributed by atoms with Crippen molar-refractivity contribution in [3.63, 3.8) is 0 Å². The van der Waals surface area contributed by atoms with Gasteiger partial charge in [0.05, 0.1) is 28.8 Å². The minimum atomic E-state index is -0.669. The monoisotopic (exact) mass is 697 g/mol. The number of nitrogens with one attached hydrogen (secondary N) is 1. The Labute approximate surface area is 264 Å². The molecule has 12 heteroatoms. The van der Waals surface area contributed by atoms with Gasteiger partial charge in [-0.15, -0.1) is 0 Å². The number of hydrogen-bond acceptors (Lipinski definition) is 8. The van der Waals surface area contributed by atoms with E-state index in [9.17, 15) is 14.9 Å². The van der Waals surface area contributed by atoms with E-state index >= 15 is 0 Å². The van der Waals surface area contributed by atoms with Gasteiger partial charge < -0.3 is 29.2 Å². The van der Waals surface area contributed by atoms with Gasteiger partial charge in [0.2, 0.25) is 11.8 Å². The lowest BCUT2D eigenvalue weighted by Gasteiger charge is -2.37. The molecule has 226 valence electrons. The summed E-state index contributed by atoms with van der Waals surface area (Å²) in [6.45, 7) is 10.3. The largest absolute Gasteiger partial charge is 0.459 e. The van der Waals surface area contributed by atoms with Crippen LogP contribution in [0.4, 0.5) is 10.5 Å². The van der Waals surface area contributed by atoms with Crippen molar-refractivity contribution in [2.24, 2.45) is 5.92 Å². The summed E-state index contributed by atoms with van der Waals surface area (Å²) < 4.78 is 13.6. The first-order chi connectivity index (χ1) is 20.4. The van der Waals surface area contributed by atoms with E-state index in [1.807, 2.05) is 58.3 Å². The van der Waals surface area contributed by atoms with Gasteiger partial charge >= 0.3 is 6.09 Å². The third kappa shape index (κ3) is 6.23. The summed E-state index contributed by atoms with van der Waals surface area (Å²) in [5.74, 6) is 0.509. The minimum absolute atomic E-state index is 0.00124. The molecule has 2 atom stereocenters. The van der Waals surface area contributed by atoms with E-state index in [0.717, 1.165) is 35.1 Å². The summed E-state index contributed by atoms with van der Waals surface area (Å²) in [6.07, 6.45) is 4.13. The van der Waals surface area contributed by atoms with Crippen molar-refractivity contribution in [3.8, 4) is 23.2 Å². The molecule has 2 aliphatic heterocycles. The molecule has 3 aliphatic rings. The van der Waals surface area contributed by atoms with Crippen molar-refractivity contribution in [2.45, 2.75) is 62.2 Å². The van der Waals surface area contributed by atoms with E-state index in [0.29, 0.717) is 62.3 Å². The number of hydrogen-bond donors (Lipinski definition) is 1. The predicted molar refractivity (Wildman–Crippen MR) is 170 cm³/mol. The SMILES string of the molecule is CC(C)(C)OC(=O)N1CCN(c2ccc(-c3cc4ncn(C5CC5)c4c(OC(C)(I)C4CNC(=O)C4)n3)cc2C#N)CC1. The first-order valence-electron chi connectivity index (χ1n) is 14.7. The van der Waals surface area contributed by atoms with Crippen molar-refractivity contribution in [1.82, 2.24) is 24.8 Å². The Morgan fingerprint density at radius 1 is 1.14 bits per heavy atom. The molecular formula is C31H36IN7O4. The Hall–Kier alpha value is -3.60. The van der Waals surface area contributed by atoms with E-state index < -0.39 is 9.21 Å². The quantitative estimate of drug-likeness (QED) is 0.281. The van der Waals surface area contributed by atoms with Gasteiger partial charge in [0.25, 0.3) is 0 Å². The van der Waals surface area contributed by atoms with Gasteiger partial charge in [-0.25, -0.2) is 14.8 Å².